The van der Waals surface area contributed by atoms with E-state index in [-0.39, 0.29) is 18.4 Å². The van der Waals surface area contributed by atoms with Crippen molar-refractivity contribution in [2.45, 2.75) is 10.6 Å². The summed E-state index contributed by atoms with van der Waals surface area (Å²) in [5.41, 5.74) is 0.736. The minimum absolute atomic E-state index is 0.108. The molecule has 1 atom stereocenters. The summed E-state index contributed by atoms with van der Waals surface area (Å²) < 4.78 is 39.6. The van der Waals surface area contributed by atoms with E-state index in [0.717, 1.165) is 5.56 Å². The van der Waals surface area contributed by atoms with Crippen molar-refractivity contribution in [3.63, 3.8) is 0 Å². The van der Waals surface area contributed by atoms with Crippen LogP contribution in [0.4, 0.5) is 0 Å². The number of nitrogens with zero attached hydrogens (tertiary/aromatic N) is 2. The molecule has 138 valence electrons. The Labute approximate surface area is 156 Å². The lowest BCUT2D eigenvalue weighted by Crippen LogP contribution is -2.15. The first-order valence-corrected chi connectivity index (χ1v) is 9.59. The minimum Gasteiger partial charge on any atom is -0.486 e. The molecule has 0 saturated carbocycles. The summed E-state index contributed by atoms with van der Waals surface area (Å²) in [6, 6.07) is 10.6. The smallest absolute Gasteiger partial charge is 0.239 e. The summed E-state index contributed by atoms with van der Waals surface area (Å²) >= 11 is 0. The maximum absolute atomic E-state index is 12.6. The van der Waals surface area contributed by atoms with E-state index in [1.165, 1.54) is 0 Å². The van der Waals surface area contributed by atoms with Gasteiger partial charge < -0.3 is 23.5 Å². The first kappa shape index (κ1) is 16.1. The predicted molar refractivity (Wildman–Crippen MR) is 93.4 cm³/mol. The fraction of sp³-hybridized carbons (Fsp3) is 0.222. The van der Waals surface area contributed by atoms with Crippen LogP contribution < -0.4 is 18.9 Å². The Bertz CT molecular complexity index is 1030. The molecule has 2 aliphatic rings. The number of hydrogen-bond donors (Lipinski definition) is 0. The Morgan fingerprint density at radius 3 is 2.56 bits per heavy atom. The lowest BCUT2D eigenvalue weighted by molar-refractivity contribution is 0.171. The molecule has 1 unspecified atom stereocenters. The van der Waals surface area contributed by atoms with Crippen LogP contribution >= 0.6 is 0 Å². The van der Waals surface area contributed by atoms with Gasteiger partial charge in [0.15, 0.2) is 23.0 Å². The molecule has 0 amide bonds. The molecule has 3 heterocycles. The van der Waals surface area contributed by atoms with Crippen molar-refractivity contribution < 1.29 is 27.7 Å². The van der Waals surface area contributed by atoms with Crippen LogP contribution in [0.1, 0.15) is 5.89 Å². The summed E-state index contributed by atoms with van der Waals surface area (Å²) in [4.78, 5) is 4.95. The van der Waals surface area contributed by atoms with Gasteiger partial charge in [-0.15, -0.1) is 0 Å². The van der Waals surface area contributed by atoms with E-state index >= 15 is 0 Å². The molecule has 0 fully saturated rings. The van der Waals surface area contributed by atoms with Gasteiger partial charge in [-0.1, -0.05) is 5.16 Å². The van der Waals surface area contributed by atoms with E-state index in [0.29, 0.717) is 46.9 Å². The molecule has 3 aromatic rings. The number of hydrogen-bond acceptors (Lipinski definition) is 8. The fourth-order valence-electron chi connectivity index (χ4n) is 2.83. The van der Waals surface area contributed by atoms with Gasteiger partial charge in [0.25, 0.3) is 0 Å². The Hall–Kier alpha value is -3.07. The van der Waals surface area contributed by atoms with Crippen LogP contribution in [0.15, 0.2) is 45.8 Å². The van der Waals surface area contributed by atoms with Gasteiger partial charge in [0.05, 0.1) is 10.8 Å². The van der Waals surface area contributed by atoms with Crippen LogP contribution in [0.25, 0.3) is 11.4 Å². The highest BCUT2D eigenvalue weighted by Crippen LogP contribution is 2.35. The highest BCUT2D eigenvalue weighted by Gasteiger charge is 2.19. The maximum Gasteiger partial charge on any atom is 0.239 e. The van der Waals surface area contributed by atoms with Gasteiger partial charge in [0, 0.05) is 16.5 Å². The lowest BCUT2D eigenvalue weighted by atomic mass is 10.2. The third kappa shape index (κ3) is 3.10. The molecule has 2 aliphatic heterocycles. The summed E-state index contributed by atoms with van der Waals surface area (Å²) in [7, 11) is -1.35. The molecule has 0 spiro atoms. The van der Waals surface area contributed by atoms with Gasteiger partial charge in [-0.3, -0.25) is 4.21 Å². The largest absolute Gasteiger partial charge is 0.486 e. The molecular formula is C18H14N2O6S. The minimum atomic E-state index is -1.35. The quantitative estimate of drug-likeness (QED) is 0.675. The highest BCUT2D eigenvalue weighted by atomic mass is 32.2. The molecule has 0 saturated heterocycles. The van der Waals surface area contributed by atoms with Crippen LogP contribution in [0.2, 0.25) is 0 Å². The van der Waals surface area contributed by atoms with Crippen molar-refractivity contribution in [3.05, 3.63) is 42.3 Å². The van der Waals surface area contributed by atoms with E-state index in [1.807, 2.05) is 6.07 Å². The van der Waals surface area contributed by atoms with E-state index in [1.54, 1.807) is 30.3 Å². The molecule has 1 aromatic heterocycles. The maximum atomic E-state index is 12.6. The fourth-order valence-corrected chi connectivity index (χ4v) is 3.79. The zero-order valence-corrected chi connectivity index (χ0v) is 14.9. The molecule has 8 nitrogen and oxygen atoms in total. The molecule has 0 aliphatic carbocycles. The van der Waals surface area contributed by atoms with E-state index in [9.17, 15) is 4.21 Å². The summed E-state index contributed by atoms with van der Waals surface area (Å²) in [6.07, 6.45) is 0. The third-order valence-corrected chi connectivity index (χ3v) is 5.42. The molecule has 2 aromatic carbocycles. The Morgan fingerprint density at radius 1 is 0.889 bits per heavy atom. The monoisotopic (exact) mass is 386 g/mol. The number of aromatic nitrogens is 2. The molecular weight excluding hydrogens is 372 g/mol. The van der Waals surface area contributed by atoms with Gasteiger partial charge in [0.2, 0.25) is 18.5 Å². The normalized spacial score (nSPS) is 15.6. The van der Waals surface area contributed by atoms with E-state index in [2.05, 4.69) is 10.1 Å². The Balaban J connectivity index is 1.34. The topological polar surface area (TPSA) is 92.9 Å². The number of benzene rings is 2. The first-order valence-electron chi connectivity index (χ1n) is 8.27. The van der Waals surface area contributed by atoms with Crippen LogP contribution in [0.5, 0.6) is 23.0 Å². The van der Waals surface area contributed by atoms with E-state index in [4.69, 9.17) is 23.5 Å². The second-order valence-corrected chi connectivity index (χ2v) is 7.33. The molecule has 0 N–H and O–H groups in total. The van der Waals surface area contributed by atoms with Gasteiger partial charge in [-0.2, -0.15) is 4.98 Å². The van der Waals surface area contributed by atoms with Gasteiger partial charge in [0.1, 0.15) is 19.0 Å². The van der Waals surface area contributed by atoms with Crippen molar-refractivity contribution in [3.8, 4) is 34.4 Å². The van der Waals surface area contributed by atoms with Crippen molar-refractivity contribution in [2.75, 3.05) is 20.0 Å². The van der Waals surface area contributed by atoms with Crippen LogP contribution in [-0.4, -0.2) is 34.4 Å². The summed E-state index contributed by atoms with van der Waals surface area (Å²) in [6.45, 7) is 1.19. The van der Waals surface area contributed by atoms with Crippen LogP contribution in [0, 0.1) is 0 Å². The number of rotatable bonds is 4. The lowest BCUT2D eigenvalue weighted by Gasteiger charge is -2.18. The van der Waals surface area contributed by atoms with Crippen molar-refractivity contribution in [1.29, 1.82) is 0 Å². The summed E-state index contributed by atoms with van der Waals surface area (Å²) in [5, 5.41) is 3.97. The van der Waals surface area contributed by atoms with Crippen LogP contribution in [-0.2, 0) is 16.6 Å². The van der Waals surface area contributed by atoms with Crippen LogP contribution in [0.3, 0.4) is 0 Å². The molecule has 27 heavy (non-hydrogen) atoms. The Kier molecular flexibility index (Phi) is 3.93. The third-order valence-electron chi connectivity index (χ3n) is 4.13. The van der Waals surface area contributed by atoms with Crippen molar-refractivity contribution in [2.24, 2.45) is 0 Å². The Morgan fingerprint density at radius 2 is 1.63 bits per heavy atom. The second kappa shape index (κ2) is 6.58. The zero-order chi connectivity index (χ0) is 18.2. The molecule has 9 heteroatoms. The molecule has 0 radical (unpaired) electrons. The molecule has 0 bridgehead atoms. The second-order valence-electron chi connectivity index (χ2n) is 5.88. The van der Waals surface area contributed by atoms with Crippen molar-refractivity contribution in [1.82, 2.24) is 10.1 Å². The summed E-state index contributed by atoms with van der Waals surface area (Å²) in [5.74, 6) is 3.37. The van der Waals surface area contributed by atoms with Gasteiger partial charge >= 0.3 is 0 Å². The average molecular weight is 386 g/mol. The molecule has 5 rings (SSSR count). The number of ether oxygens (including phenoxy) is 4. The van der Waals surface area contributed by atoms with E-state index < -0.39 is 10.8 Å². The average Bonchev–Trinajstić information content (AvgIpc) is 3.36. The van der Waals surface area contributed by atoms with Crippen molar-refractivity contribution >= 4 is 10.8 Å². The zero-order valence-electron chi connectivity index (χ0n) is 14.0. The first-order chi connectivity index (χ1) is 13.3. The SMILES string of the molecule is O=S(Cc1nc(-c2ccc3c(c2)OCO3)no1)c1ccc2c(c1)OCCO2. The predicted octanol–water partition coefficient (Wildman–Crippen LogP) is 2.54. The van der Waals surface area contributed by atoms with Gasteiger partial charge in [-0.25, -0.2) is 0 Å². The standard InChI is InChI=1S/C18H14N2O6S/c21-27(12-2-4-13-16(8-12)23-6-5-22-13)9-17-19-18(20-26-17)11-1-3-14-15(7-11)25-10-24-14/h1-4,7-8H,5-6,9-10H2. The van der Waals surface area contributed by atoms with Gasteiger partial charge in [-0.05, 0) is 30.3 Å². The number of fused-ring (bicyclic) bond motifs is 2. The highest BCUT2D eigenvalue weighted by molar-refractivity contribution is 7.84.